The Balaban J connectivity index is 2.25. The van der Waals surface area contributed by atoms with Gasteiger partial charge in [-0.05, 0) is 0 Å². The van der Waals surface area contributed by atoms with E-state index in [2.05, 4.69) is 9.97 Å². The second kappa shape index (κ2) is 5.83. The van der Waals surface area contributed by atoms with E-state index in [4.69, 9.17) is 26.0 Å². The van der Waals surface area contributed by atoms with Gasteiger partial charge in [0.15, 0.2) is 5.82 Å². The number of aromatic nitrogens is 2. The summed E-state index contributed by atoms with van der Waals surface area (Å²) in [7, 11) is 0. The van der Waals surface area contributed by atoms with Crippen molar-refractivity contribution in [3.63, 3.8) is 0 Å². The van der Waals surface area contributed by atoms with Gasteiger partial charge >= 0.3 is 5.56 Å². The maximum Gasteiger partial charge on any atom is 0.319 e. The van der Waals surface area contributed by atoms with Gasteiger partial charge in [0, 0.05) is 0 Å². The highest BCUT2D eigenvalue weighted by Crippen LogP contribution is 2.24. The van der Waals surface area contributed by atoms with E-state index in [-0.39, 0.29) is 11.8 Å². The van der Waals surface area contributed by atoms with Crippen molar-refractivity contribution in [1.82, 2.24) is 9.97 Å². The van der Waals surface area contributed by atoms with E-state index in [1.807, 2.05) is 0 Å². The van der Waals surface area contributed by atoms with E-state index < -0.39 is 48.6 Å². The first-order chi connectivity index (χ1) is 9.85. The molecule has 0 amide bonds. The summed E-state index contributed by atoms with van der Waals surface area (Å²) >= 11 is 0. The van der Waals surface area contributed by atoms with Crippen molar-refractivity contribution >= 4 is 11.8 Å². The summed E-state index contributed by atoms with van der Waals surface area (Å²) in [6, 6.07) is 0. The first-order valence-corrected chi connectivity index (χ1v) is 5.97. The Morgan fingerprint density at radius 2 is 1.90 bits per heavy atom. The maximum absolute atomic E-state index is 11.6. The molecule has 0 bridgehead atoms. The Morgan fingerprint density at radius 1 is 1.24 bits per heavy atom. The highest BCUT2D eigenvalue weighted by Gasteiger charge is 2.45. The third-order valence-corrected chi connectivity index (χ3v) is 3.01. The van der Waals surface area contributed by atoms with Crippen LogP contribution in [0.5, 0.6) is 5.75 Å². The highest BCUT2D eigenvalue weighted by atomic mass is 16.7. The van der Waals surface area contributed by atoms with Crippen LogP contribution in [0.3, 0.4) is 0 Å². The van der Waals surface area contributed by atoms with Crippen LogP contribution in [-0.4, -0.2) is 67.7 Å². The molecular formula is C10H16N4O7. The van der Waals surface area contributed by atoms with E-state index in [1.54, 1.807) is 0 Å². The summed E-state index contributed by atoms with van der Waals surface area (Å²) in [6.07, 6.45) is -7.54. The van der Waals surface area contributed by atoms with Crippen molar-refractivity contribution in [3.8, 4) is 5.75 Å². The molecule has 0 aromatic carbocycles. The third kappa shape index (κ3) is 2.91. The quantitative estimate of drug-likeness (QED) is 0.290. The molecule has 1 aliphatic rings. The molecule has 0 spiro atoms. The lowest BCUT2D eigenvalue weighted by Gasteiger charge is -2.39. The molecule has 11 heteroatoms. The number of nitrogen functional groups attached to an aromatic ring is 2. The summed E-state index contributed by atoms with van der Waals surface area (Å²) < 4.78 is 10.2. The number of hydrogen-bond donors (Lipinski definition) is 7. The predicted octanol–water partition coefficient (Wildman–Crippen LogP) is -3.89. The molecule has 0 saturated carbocycles. The minimum atomic E-state index is -1.67. The van der Waals surface area contributed by atoms with Gasteiger partial charge in [-0.2, -0.15) is 4.98 Å². The second-order valence-corrected chi connectivity index (χ2v) is 4.49. The van der Waals surface area contributed by atoms with Gasteiger partial charge in [-0.3, -0.25) is 4.79 Å². The van der Waals surface area contributed by atoms with Crippen molar-refractivity contribution in [2.75, 3.05) is 18.1 Å². The topological polar surface area (TPSA) is 197 Å². The van der Waals surface area contributed by atoms with Gasteiger partial charge in [-0.1, -0.05) is 0 Å². The maximum atomic E-state index is 11.6. The molecule has 21 heavy (non-hydrogen) atoms. The zero-order chi connectivity index (χ0) is 15.7. The number of nitrogens with zero attached hydrogens (tertiary/aromatic N) is 1. The molecule has 2 rings (SSSR count). The van der Waals surface area contributed by atoms with Crippen LogP contribution in [-0.2, 0) is 4.74 Å². The van der Waals surface area contributed by atoms with Crippen LogP contribution in [0.2, 0.25) is 0 Å². The zero-order valence-corrected chi connectivity index (χ0v) is 10.7. The largest absolute Gasteiger partial charge is 0.452 e. The Kier molecular flexibility index (Phi) is 4.29. The number of aromatic amines is 1. The van der Waals surface area contributed by atoms with Crippen LogP contribution >= 0.6 is 0 Å². The van der Waals surface area contributed by atoms with Gasteiger partial charge in [0.2, 0.25) is 18.0 Å². The molecule has 1 aromatic heterocycles. The van der Waals surface area contributed by atoms with E-state index in [9.17, 15) is 20.1 Å². The lowest BCUT2D eigenvalue weighted by atomic mass is 9.99. The molecule has 2 heterocycles. The van der Waals surface area contributed by atoms with Crippen LogP contribution in [0.15, 0.2) is 4.79 Å². The molecule has 1 aliphatic heterocycles. The zero-order valence-electron chi connectivity index (χ0n) is 10.7. The fraction of sp³-hybridized carbons (Fsp3) is 0.600. The molecule has 11 nitrogen and oxygen atoms in total. The molecular weight excluding hydrogens is 288 g/mol. The summed E-state index contributed by atoms with van der Waals surface area (Å²) in [5, 5.41) is 38.0. The van der Waals surface area contributed by atoms with Crippen LogP contribution in [0, 0.1) is 0 Å². The van der Waals surface area contributed by atoms with Gasteiger partial charge in [0.1, 0.15) is 24.4 Å². The van der Waals surface area contributed by atoms with Gasteiger partial charge in [-0.15, -0.1) is 0 Å². The Hall–Kier alpha value is -1.92. The number of ether oxygens (including phenoxy) is 2. The van der Waals surface area contributed by atoms with Gasteiger partial charge in [0.25, 0.3) is 0 Å². The highest BCUT2D eigenvalue weighted by molar-refractivity contribution is 5.46. The number of anilines is 2. The second-order valence-electron chi connectivity index (χ2n) is 4.49. The molecule has 9 N–H and O–H groups in total. The van der Waals surface area contributed by atoms with E-state index in [0.29, 0.717) is 0 Å². The molecule has 5 atom stereocenters. The summed E-state index contributed by atoms with van der Waals surface area (Å²) in [4.78, 5) is 17.3. The summed E-state index contributed by atoms with van der Waals surface area (Å²) in [5.41, 5.74) is 9.90. The predicted molar refractivity (Wildman–Crippen MR) is 68.1 cm³/mol. The average molecular weight is 304 g/mol. The Labute approximate surface area is 117 Å². The van der Waals surface area contributed by atoms with Crippen molar-refractivity contribution in [3.05, 3.63) is 10.4 Å². The van der Waals surface area contributed by atoms with Crippen molar-refractivity contribution in [1.29, 1.82) is 0 Å². The molecule has 0 aliphatic carbocycles. The normalized spacial score (nSPS) is 32.9. The minimum Gasteiger partial charge on any atom is -0.452 e. The Bertz CT molecular complexity index is 563. The van der Waals surface area contributed by atoms with Gasteiger partial charge in [0.05, 0.1) is 6.61 Å². The van der Waals surface area contributed by atoms with E-state index in [1.165, 1.54) is 0 Å². The van der Waals surface area contributed by atoms with Crippen LogP contribution in [0.25, 0.3) is 0 Å². The number of H-pyrrole nitrogens is 1. The average Bonchev–Trinajstić information content (AvgIpc) is 2.42. The molecule has 0 unspecified atom stereocenters. The number of rotatable bonds is 3. The number of aliphatic hydroxyl groups excluding tert-OH is 4. The van der Waals surface area contributed by atoms with Crippen LogP contribution in [0.4, 0.5) is 11.8 Å². The van der Waals surface area contributed by atoms with Crippen molar-refractivity contribution in [2.24, 2.45) is 0 Å². The van der Waals surface area contributed by atoms with Gasteiger partial charge < -0.3 is 46.4 Å². The van der Waals surface area contributed by atoms with Crippen LogP contribution in [0.1, 0.15) is 0 Å². The summed E-state index contributed by atoms with van der Waals surface area (Å²) in [5.74, 6) is -0.934. The number of nitrogens with one attached hydrogen (secondary N) is 1. The molecule has 1 saturated heterocycles. The number of hydrogen-bond acceptors (Lipinski definition) is 10. The number of aliphatic hydroxyl groups is 4. The molecule has 1 fully saturated rings. The lowest BCUT2D eigenvalue weighted by molar-refractivity contribution is -0.277. The van der Waals surface area contributed by atoms with Crippen molar-refractivity contribution in [2.45, 2.75) is 30.7 Å². The standard InChI is InChI=1S/C10H16N4O7/c11-7-6(8(19)14-10(12)13-7)21-9-5(18)4(17)3(16)2(1-15)20-9/h2-5,9,15-18H,1H2,(H5,11,12,13,14,19)/t2-,3-,4+,5-,9+/m1/s1. The van der Waals surface area contributed by atoms with Gasteiger partial charge in [-0.25, -0.2) is 0 Å². The lowest BCUT2D eigenvalue weighted by Crippen LogP contribution is -2.60. The fourth-order valence-corrected chi connectivity index (χ4v) is 1.89. The molecule has 118 valence electrons. The SMILES string of the molecule is Nc1nc(=O)c(O[C@@H]2O[C@H](CO)[C@@H](O)[C@H](O)[C@H]2O)c(N)[nH]1. The van der Waals surface area contributed by atoms with E-state index in [0.717, 1.165) is 0 Å². The molecule has 1 aromatic rings. The summed E-state index contributed by atoms with van der Waals surface area (Å²) in [6.45, 7) is -0.628. The monoisotopic (exact) mass is 304 g/mol. The fourth-order valence-electron chi connectivity index (χ4n) is 1.89. The van der Waals surface area contributed by atoms with Crippen molar-refractivity contribution < 1.29 is 29.9 Å². The Morgan fingerprint density at radius 3 is 2.48 bits per heavy atom. The van der Waals surface area contributed by atoms with E-state index >= 15 is 0 Å². The number of nitrogens with two attached hydrogens (primary N) is 2. The third-order valence-electron chi connectivity index (χ3n) is 3.01. The minimum absolute atomic E-state index is 0.223. The van der Waals surface area contributed by atoms with Crippen LogP contribution < -0.4 is 21.8 Å². The smallest absolute Gasteiger partial charge is 0.319 e. The molecule has 0 radical (unpaired) electrons. The first kappa shape index (κ1) is 15.5. The first-order valence-electron chi connectivity index (χ1n) is 5.97.